The number of hydrogen-bond donors (Lipinski definition) is 1. The zero-order valence-electron chi connectivity index (χ0n) is 22.4. The Kier molecular flexibility index (Phi) is 11.9. The molecular weight excluding hydrogens is 538 g/mol. The van der Waals surface area contributed by atoms with E-state index in [4.69, 9.17) is 5.11 Å². The molecule has 0 heterocycles. The summed E-state index contributed by atoms with van der Waals surface area (Å²) in [5.41, 5.74) is 0.201. The van der Waals surface area contributed by atoms with Gasteiger partial charge in [-0.25, -0.2) is 0 Å². The van der Waals surface area contributed by atoms with Crippen molar-refractivity contribution in [1.29, 1.82) is 0 Å². The summed E-state index contributed by atoms with van der Waals surface area (Å²) in [6, 6.07) is 0. The second-order valence-corrected chi connectivity index (χ2v) is 9.35. The molecule has 0 fully saturated rings. The summed E-state index contributed by atoms with van der Waals surface area (Å²) < 4.78 is 0. The van der Waals surface area contributed by atoms with Crippen molar-refractivity contribution in [2.24, 2.45) is 5.41 Å². The Hall–Kier alpha value is -5.52. The van der Waals surface area contributed by atoms with Crippen LogP contribution in [0.2, 0.25) is 0 Å². The van der Waals surface area contributed by atoms with Gasteiger partial charge >= 0.3 is 5.70 Å². The van der Waals surface area contributed by atoms with Crippen LogP contribution in [0.3, 0.4) is 0 Å². The minimum Gasteiger partial charge on any atom is -0.504 e. The fourth-order valence-corrected chi connectivity index (χ4v) is 2.85. The van der Waals surface area contributed by atoms with Crippen molar-refractivity contribution < 1.29 is 48.4 Å². The van der Waals surface area contributed by atoms with Crippen molar-refractivity contribution >= 4 is 46.3 Å². The van der Waals surface area contributed by atoms with Crippen molar-refractivity contribution in [3.8, 4) is 0 Å². The summed E-state index contributed by atoms with van der Waals surface area (Å²) in [5, 5.41) is 18.6. The molecule has 0 atom stereocenters. The summed E-state index contributed by atoms with van der Waals surface area (Å²) in [4.78, 5) is 94.4. The third-order valence-corrected chi connectivity index (χ3v) is 4.96. The summed E-state index contributed by atoms with van der Waals surface area (Å²) in [6.45, 7) is 7.39. The quantitative estimate of drug-likeness (QED) is 0.279. The van der Waals surface area contributed by atoms with E-state index >= 15 is 0 Å². The predicted octanol–water partition coefficient (Wildman–Crippen LogP) is 2.30. The highest BCUT2D eigenvalue weighted by molar-refractivity contribution is 6.18. The van der Waals surface area contributed by atoms with Crippen molar-refractivity contribution in [3.05, 3.63) is 106 Å². The molecule has 0 saturated carbocycles. The van der Waals surface area contributed by atoms with Crippen molar-refractivity contribution in [2.45, 2.75) is 27.7 Å². The first-order valence-electron chi connectivity index (χ1n) is 11.6. The van der Waals surface area contributed by atoms with Gasteiger partial charge in [-0.3, -0.25) is 48.5 Å². The van der Waals surface area contributed by atoms with Gasteiger partial charge in [0.25, 0.3) is 5.78 Å². The lowest BCUT2D eigenvalue weighted by Gasteiger charge is -2.21. The van der Waals surface area contributed by atoms with E-state index in [9.17, 15) is 48.5 Å². The molecule has 0 aromatic heterocycles. The Balaban J connectivity index is 0.000000275. The molecule has 41 heavy (non-hydrogen) atoms. The van der Waals surface area contributed by atoms with Crippen LogP contribution in [0.5, 0.6) is 0 Å². The maximum absolute atomic E-state index is 11.3. The Morgan fingerprint density at radius 2 is 1.00 bits per heavy atom. The highest BCUT2D eigenvalue weighted by atomic mass is 16.6. The molecule has 0 aromatic carbocycles. The van der Waals surface area contributed by atoms with Gasteiger partial charge in [0.05, 0.1) is 11.0 Å². The molecule has 0 spiro atoms. The number of aliphatic hydroxyl groups is 1. The van der Waals surface area contributed by atoms with Gasteiger partial charge in [-0.15, -0.1) is 0 Å². The SMILES string of the molecule is CC(C)(C)C1=CC(=O)C=CC1=O.CC1=CC(=O)C=CC1=O.O=C1C=CC(=O)C(O)=C1.O=C1C=CC(=O)C([N+](=O)[O-])=C1. The van der Waals surface area contributed by atoms with E-state index in [1.165, 1.54) is 36.5 Å². The number of hydrogen-bond acceptors (Lipinski definition) is 11. The van der Waals surface area contributed by atoms with Crippen LogP contribution in [0.25, 0.3) is 0 Å². The molecule has 0 radical (unpaired) electrons. The van der Waals surface area contributed by atoms with E-state index in [1.54, 1.807) is 6.92 Å². The normalized spacial score (nSPS) is 17.7. The standard InChI is InChI=1S/C10H12O2.C7H6O2.C6H3NO4.C6H4O3/c1-10(2,3)8-6-7(11)4-5-9(8)12;1-5-4-6(8)2-3-7(5)9;8-4-1-2-6(9)5(3-4)7(10)11;7-4-1-2-5(8)6(9)3-4/h4-6H,1-3H3;2-4H,1H3;1-3H;1-3,9H. The van der Waals surface area contributed by atoms with Crippen molar-refractivity contribution in [3.63, 3.8) is 0 Å². The van der Waals surface area contributed by atoms with Crippen LogP contribution < -0.4 is 0 Å². The maximum atomic E-state index is 11.3. The number of carbonyl (C=O) groups is 8. The number of allylic oxidation sites excluding steroid dienone is 14. The van der Waals surface area contributed by atoms with Gasteiger partial charge < -0.3 is 5.11 Å². The molecule has 0 aliphatic heterocycles. The molecule has 4 rings (SSSR count). The summed E-state index contributed by atoms with van der Waals surface area (Å²) >= 11 is 0. The zero-order valence-corrected chi connectivity index (χ0v) is 22.4. The first kappa shape index (κ1) is 33.5. The van der Waals surface area contributed by atoms with Crippen LogP contribution in [0, 0.1) is 15.5 Å². The number of rotatable bonds is 1. The number of carbonyl (C=O) groups excluding carboxylic acids is 8. The smallest absolute Gasteiger partial charge is 0.320 e. The van der Waals surface area contributed by atoms with E-state index in [1.807, 2.05) is 20.8 Å². The predicted molar refractivity (Wildman–Crippen MR) is 144 cm³/mol. The number of ketones is 8. The van der Waals surface area contributed by atoms with Gasteiger partial charge in [-0.1, -0.05) is 20.8 Å². The highest BCUT2D eigenvalue weighted by Crippen LogP contribution is 2.27. The number of nitro groups is 1. The Labute approximate surface area is 233 Å². The maximum Gasteiger partial charge on any atom is 0.320 e. The number of aliphatic hydroxyl groups excluding tert-OH is 1. The Bertz CT molecular complexity index is 1430. The lowest BCUT2D eigenvalue weighted by molar-refractivity contribution is -0.418. The van der Waals surface area contributed by atoms with E-state index in [-0.39, 0.29) is 34.3 Å². The van der Waals surface area contributed by atoms with E-state index in [0.29, 0.717) is 17.2 Å². The van der Waals surface area contributed by atoms with Crippen LogP contribution in [-0.4, -0.2) is 56.3 Å². The molecule has 12 nitrogen and oxygen atoms in total. The second-order valence-electron chi connectivity index (χ2n) is 9.35. The third kappa shape index (κ3) is 11.4. The van der Waals surface area contributed by atoms with Crippen LogP contribution in [-0.2, 0) is 38.4 Å². The topological polar surface area (TPSA) is 200 Å². The average molecular weight is 564 g/mol. The van der Waals surface area contributed by atoms with E-state index < -0.39 is 33.7 Å². The fourth-order valence-electron chi connectivity index (χ4n) is 2.85. The molecule has 0 unspecified atom stereocenters. The molecule has 0 bridgehead atoms. The van der Waals surface area contributed by atoms with Crippen molar-refractivity contribution in [2.75, 3.05) is 0 Å². The first-order valence-corrected chi connectivity index (χ1v) is 11.6. The van der Waals surface area contributed by atoms with Gasteiger partial charge in [-0.2, -0.15) is 0 Å². The molecule has 0 saturated heterocycles. The molecule has 1 N–H and O–H groups in total. The lowest BCUT2D eigenvalue weighted by Crippen LogP contribution is -2.20. The fraction of sp³-hybridized carbons (Fsp3) is 0.172. The second kappa shape index (κ2) is 14.6. The lowest BCUT2D eigenvalue weighted by atomic mass is 9.81. The Morgan fingerprint density at radius 3 is 1.37 bits per heavy atom. The summed E-state index contributed by atoms with van der Waals surface area (Å²) in [5.74, 6) is -2.96. The first-order chi connectivity index (χ1) is 18.9. The van der Waals surface area contributed by atoms with Crippen LogP contribution in [0.1, 0.15) is 27.7 Å². The van der Waals surface area contributed by atoms with Crippen LogP contribution in [0.4, 0.5) is 0 Å². The minimum absolute atomic E-state index is 0.0536. The molecule has 4 aliphatic rings. The molecular formula is C29H25NO11. The zero-order chi connectivity index (χ0) is 31.5. The molecule has 4 aliphatic carbocycles. The average Bonchev–Trinajstić information content (AvgIpc) is 2.87. The molecule has 212 valence electrons. The molecule has 0 aromatic rings. The monoisotopic (exact) mass is 563 g/mol. The third-order valence-electron chi connectivity index (χ3n) is 4.96. The van der Waals surface area contributed by atoms with Gasteiger partial charge in [0.1, 0.15) is 0 Å². The van der Waals surface area contributed by atoms with Gasteiger partial charge in [0.2, 0.25) is 5.78 Å². The van der Waals surface area contributed by atoms with Crippen LogP contribution in [0.15, 0.2) is 95.5 Å². The van der Waals surface area contributed by atoms with Gasteiger partial charge in [0, 0.05) is 17.2 Å². The molecule has 0 amide bonds. The summed E-state index contributed by atoms with van der Waals surface area (Å²) in [7, 11) is 0. The van der Waals surface area contributed by atoms with Crippen LogP contribution >= 0.6 is 0 Å². The number of nitrogens with zero attached hydrogens (tertiary/aromatic N) is 1. The van der Waals surface area contributed by atoms with Gasteiger partial charge in [0.15, 0.2) is 40.5 Å². The Morgan fingerprint density at radius 1 is 0.585 bits per heavy atom. The molecule has 12 heteroatoms. The van der Waals surface area contributed by atoms with Crippen molar-refractivity contribution in [1.82, 2.24) is 0 Å². The summed E-state index contributed by atoms with van der Waals surface area (Å²) in [6.07, 6.45) is 13.6. The highest BCUT2D eigenvalue weighted by Gasteiger charge is 2.25. The van der Waals surface area contributed by atoms with Gasteiger partial charge in [-0.05, 0) is 73.1 Å². The van der Waals surface area contributed by atoms with E-state index in [0.717, 1.165) is 30.4 Å². The van der Waals surface area contributed by atoms with E-state index in [2.05, 4.69) is 0 Å². The minimum atomic E-state index is -0.871. The largest absolute Gasteiger partial charge is 0.504 e.